The first-order valence-electron chi connectivity index (χ1n) is 4.22. The SMILES string of the molecule is CC(=CCl)CNCC(O)C(C)C. The van der Waals surface area contributed by atoms with Crippen LogP contribution in [0.4, 0.5) is 0 Å². The standard InChI is InChI=1S/C9H18ClNO/c1-7(2)9(12)6-11-5-8(3)4-10/h4,7,9,11-12H,5-6H2,1-3H3. The lowest BCUT2D eigenvalue weighted by Gasteiger charge is -2.14. The monoisotopic (exact) mass is 191 g/mol. The molecule has 0 bridgehead atoms. The largest absolute Gasteiger partial charge is 0.392 e. The first kappa shape index (κ1) is 11.9. The van der Waals surface area contributed by atoms with Gasteiger partial charge in [-0.3, -0.25) is 0 Å². The molecule has 0 fully saturated rings. The Hall–Kier alpha value is -0.0500. The maximum atomic E-state index is 9.40. The Morgan fingerprint density at radius 1 is 1.58 bits per heavy atom. The highest BCUT2D eigenvalue weighted by Crippen LogP contribution is 1.99. The highest BCUT2D eigenvalue weighted by atomic mass is 35.5. The Bertz CT molecular complexity index is 145. The van der Waals surface area contributed by atoms with Crippen LogP contribution in [-0.4, -0.2) is 24.3 Å². The number of nitrogens with one attached hydrogen (secondary N) is 1. The van der Waals surface area contributed by atoms with Gasteiger partial charge in [0.1, 0.15) is 0 Å². The topological polar surface area (TPSA) is 32.3 Å². The number of aliphatic hydroxyl groups excluding tert-OH is 1. The number of halogens is 1. The van der Waals surface area contributed by atoms with E-state index in [-0.39, 0.29) is 6.10 Å². The van der Waals surface area contributed by atoms with Gasteiger partial charge in [-0.25, -0.2) is 0 Å². The third kappa shape index (κ3) is 5.58. The molecule has 72 valence electrons. The van der Waals surface area contributed by atoms with Gasteiger partial charge in [0.05, 0.1) is 6.10 Å². The van der Waals surface area contributed by atoms with Crippen LogP contribution in [0.1, 0.15) is 20.8 Å². The van der Waals surface area contributed by atoms with Crippen LogP contribution in [0.2, 0.25) is 0 Å². The third-order valence-corrected chi connectivity index (χ3v) is 2.09. The fourth-order valence-electron chi connectivity index (χ4n) is 0.691. The molecule has 0 aromatic heterocycles. The van der Waals surface area contributed by atoms with Crippen LogP contribution in [0.15, 0.2) is 11.1 Å². The summed E-state index contributed by atoms with van der Waals surface area (Å²) in [4.78, 5) is 0. The van der Waals surface area contributed by atoms with Crippen LogP contribution in [0.3, 0.4) is 0 Å². The van der Waals surface area contributed by atoms with Crippen LogP contribution in [0, 0.1) is 5.92 Å². The molecule has 0 amide bonds. The minimum Gasteiger partial charge on any atom is -0.392 e. The normalized spacial score (nSPS) is 15.3. The van der Waals surface area contributed by atoms with Crippen molar-refractivity contribution in [1.82, 2.24) is 5.32 Å². The van der Waals surface area contributed by atoms with Gasteiger partial charge in [-0.15, -0.1) is 0 Å². The average molecular weight is 192 g/mol. The highest BCUT2D eigenvalue weighted by molar-refractivity contribution is 6.25. The van der Waals surface area contributed by atoms with E-state index in [1.807, 2.05) is 20.8 Å². The first-order valence-corrected chi connectivity index (χ1v) is 4.66. The zero-order chi connectivity index (χ0) is 9.56. The van der Waals surface area contributed by atoms with E-state index in [0.717, 1.165) is 12.1 Å². The number of hydrogen-bond donors (Lipinski definition) is 2. The van der Waals surface area contributed by atoms with Gasteiger partial charge in [0.15, 0.2) is 0 Å². The number of hydrogen-bond acceptors (Lipinski definition) is 2. The van der Waals surface area contributed by atoms with Crippen molar-refractivity contribution in [2.75, 3.05) is 13.1 Å². The molecule has 0 saturated heterocycles. The molecule has 2 nitrogen and oxygen atoms in total. The molecule has 0 radical (unpaired) electrons. The molecule has 0 rings (SSSR count). The molecule has 0 aliphatic rings. The summed E-state index contributed by atoms with van der Waals surface area (Å²) in [6, 6.07) is 0. The van der Waals surface area contributed by atoms with E-state index in [9.17, 15) is 5.11 Å². The van der Waals surface area contributed by atoms with E-state index < -0.39 is 0 Å². The third-order valence-electron chi connectivity index (χ3n) is 1.71. The van der Waals surface area contributed by atoms with Gasteiger partial charge in [0.25, 0.3) is 0 Å². The molecule has 0 aromatic rings. The van der Waals surface area contributed by atoms with Crippen LogP contribution < -0.4 is 5.32 Å². The van der Waals surface area contributed by atoms with E-state index in [1.54, 1.807) is 5.54 Å². The molecule has 0 aromatic carbocycles. The maximum Gasteiger partial charge on any atom is 0.0687 e. The quantitative estimate of drug-likeness (QED) is 0.694. The van der Waals surface area contributed by atoms with Crippen molar-refractivity contribution in [1.29, 1.82) is 0 Å². The summed E-state index contributed by atoms with van der Waals surface area (Å²) < 4.78 is 0. The van der Waals surface area contributed by atoms with Crippen LogP contribution in [-0.2, 0) is 0 Å². The van der Waals surface area contributed by atoms with Gasteiger partial charge in [0.2, 0.25) is 0 Å². The molecule has 0 heterocycles. The number of rotatable bonds is 5. The van der Waals surface area contributed by atoms with Crippen LogP contribution in [0.5, 0.6) is 0 Å². The number of aliphatic hydroxyl groups is 1. The van der Waals surface area contributed by atoms with Crippen molar-refractivity contribution in [2.45, 2.75) is 26.9 Å². The summed E-state index contributed by atoms with van der Waals surface area (Å²) in [5, 5.41) is 12.5. The molecule has 0 saturated carbocycles. The molecule has 2 N–H and O–H groups in total. The van der Waals surface area contributed by atoms with Crippen LogP contribution in [0.25, 0.3) is 0 Å². The van der Waals surface area contributed by atoms with Crippen molar-refractivity contribution in [3.05, 3.63) is 11.1 Å². The Balaban J connectivity index is 3.43. The summed E-state index contributed by atoms with van der Waals surface area (Å²) in [6.45, 7) is 7.31. The van der Waals surface area contributed by atoms with Crippen molar-refractivity contribution < 1.29 is 5.11 Å². The Morgan fingerprint density at radius 2 is 2.17 bits per heavy atom. The fourth-order valence-corrected chi connectivity index (χ4v) is 0.769. The summed E-state index contributed by atoms with van der Waals surface area (Å²) in [5.74, 6) is 0.304. The highest BCUT2D eigenvalue weighted by Gasteiger charge is 2.07. The van der Waals surface area contributed by atoms with Gasteiger partial charge in [0, 0.05) is 18.6 Å². The molecular formula is C9H18ClNO. The van der Waals surface area contributed by atoms with Crippen LogP contribution >= 0.6 is 11.6 Å². The van der Waals surface area contributed by atoms with Gasteiger partial charge < -0.3 is 10.4 Å². The van der Waals surface area contributed by atoms with Crippen molar-refractivity contribution in [2.24, 2.45) is 5.92 Å². The van der Waals surface area contributed by atoms with Crippen molar-refractivity contribution in [3.63, 3.8) is 0 Å². The predicted molar refractivity (Wildman–Crippen MR) is 53.3 cm³/mol. The predicted octanol–water partition coefficient (Wildman–Crippen LogP) is 1.74. The zero-order valence-electron chi connectivity index (χ0n) is 7.97. The molecule has 0 aliphatic heterocycles. The Kier molecular flexibility index (Phi) is 6.44. The van der Waals surface area contributed by atoms with E-state index in [2.05, 4.69) is 5.32 Å². The summed E-state index contributed by atoms with van der Waals surface area (Å²) in [6.07, 6.45) is -0.270. The van der Waals surface area contributed by atoms with E-state index >= 15 is 0 Å². The molecule has 1 atom stereocenters. The van der Waals surface area contributed by atoms with E-state index in [1.165, 1.54) is 0 Å². The smallest absolute Gasteiger partial charge is 0.0687 e. The second kappa shape index (κ2) is 6.46. The molecule has 0 aliphatic carbocycles. The molecule has 0 spiro atoms. The maximum absolute atomic E-state index is 9.40. The van der Waals surface area contributed by atoms with E-state index in [4.69, 9.17) is 11.6 Å². The average Bonchev–Trinajstić information content (AvgIpc) is 2.03. The minimum absolute atomic E-state index is 0.270. The van der Waals surface area contributed by atoms with Gasteiger partial charge in [-0.1, -0.05) is 25.4 Å². The molecular weight excluding hydrogens is 174 g/mol. The van der Waals surface area contributed by atoms with Gasteiger partial charge >= 0.3 is 0 Å². The summed E-state index contributed by atoms with van der Waals surface area (Å²) in [7, 11) is 0. The minimum atomic E-state index is -0.270. The van der Waals surface area contributed by atoms with E-state index in [0.29, 0.717) is 12.5 Å². The fraction of sp³-hybridized carbons (Fsp3) is 0.778. The summed E-state index contributed by atoms with van der Waals surface area (Å²) in [5.41, 5.74) is 2.63. The first-order chi connectivity index (χ1) is 5.57. The second-order valence-electron chi connectivity index (χ2n) is 3.40. The van der Waals surface area contributed by atoms with Crippen molar-refractivity contribution >= 4 is 11.6 Å². The lowest BCUT2D eigenvalue weighted by atomic mass is 10.1. The summed E-state index contributed by atoms with van der Waals surface area (Å²) >= 11 is 5.47. The van der Waals surface area contributed by atoms with Gasteiger partial charge in [-0.2, -0.15) is 0 Å². The van der Waals surface area contributed by atoms with Gasteiger partial charge in [-0.05, 0) is 18.4 Å². The second-order valence-corrected chi connectivity index (χ2v) is 3.62. The molecule has 3 heteroatoms. The Morgan fingerprint density at radius 3 is 2.58 bits per heavy atom. The van der Waals surface area contributed by atoms with Crippen molar-refractivity contribution in [3.8, 4) is 0 Å². The molecule has 12 heavy (non-hydrogen) atoms. The lowest BCUT2D eigenvalue weighted by Crippen LogP contribution is -2.31. The lowest BCUT2D eigenvalue weighted by molar-refractivity contribution is 0.124. The molecule has 1 unspecified atom stereocenters. The zero-order valence-corrected chi connectivity index (χ0v) is 8.73. The Labute approximate surface area is 79.6 Å².